The number of benzene rings is 2. The van der Waals surface area contributed by atoms with Crippen molar-refractivity contribution in [2.45, 2.75) is 26.4 Å². The topological polar surface area (TPSA) is 102 Å². The molecule has 2 heterocycles. The van der Waals surface area contributed by atoms with Gasteiger partial charge in [0, 0.05) is 23.7 Å². The van der Waals surface area contributed by atoms with Crippen LogP contribution in [0.3, 0.4) is 0 Å². The number of nitrogens with zero attached hydrogens (tertiary/aromatic N) is 2. The SMILES string of the molecule is Cc1ccc(NC(=O)OCc2ccccc2)cc1Oc1ccc2nc(NC(=O)C3CC3)sc2n1. The third-order valence-corrected chi connectivity index (χ3v) is 6.15. The molecule has 0 saturated heterocycles. The lowest BCUT2D eigenvalue weighted by Gasteiger charge is -2.11. The molecule has 0 bridgehead atoms. The molecule has 34 heavy (non-hydrogen) atoms. The highest BCUT2D eigenvalue weighted by molar-refractivity contribution is 7.21. The zero-order valence-corrected chi connectivity index (χ0v) is 19.2. The summed E-state index contributed by atoms with van der Waals surface area (Å²) in [4.78, 5) is 33.8. The third-order valence-electron chi connectivity index (χ3n) is 5.27. The van der Waals surface area contributed by atoms with E-state index in [1.807, 2.05) is 43.3 Å². The molecule has 0 atom stereocenters. The van der Waals surface area contributed by atoms with E-state index in [2.05, 4.69) is 20.6 Å². The molecule has 9 heteroatoms. The number of thiazole rings is 1. The molecule has 1 aliphatic rings. The minimum atomic E-state index is -0.552. The zero-order valence-electron chi connectivity index (χ0n) is 18.4. The Morgan fingerprint density at radius 2 is 1.85 bits per heavy atom. The van der Waals surface area contributed by atoms with Gasteiger partial charge < -0.3 is 14.8 Å². The van der Waals surface area contributed by atoms with Gasteiger partial charge in [0.2, 0.25) is 11.8 Å². The number of carbonyl (C=O) groups excluding carboxylic acids is 2. The highest BCUT2D eigenvalue weighted by Crippen LogP contribution is 2.33. The summed E-state index contributed by atoms with van der Waals surface area (Å²) in [6.07, 6.45) is 1.32. The van der Waals surface area contributed by atoms with Gasteiger partial charge in [-0.05, 0) is 43.0 Å². The van der Waals surface area contributed by atoms with E-state index in [0.29, 0.717) is 32.8 Å². The van der Waals surface area contributed by atoms with E-state index in [-0.39, 0.29) is 18.4 Å². The van der Waals surface area contributed by atoms with Gasteiger partial charge in [0.05, 0.1) is 0 Å². The third kappa shape index (κ3) is 5.32. The maximum Gasteiger partial charge on any atom is 0.411 e. The van der Waals surface area contributed by atoms with E-state index >= 15 is 0 Å². The number of aromatic nitrogens is 2. The molecule has 0 unspecified atom stereocenters. The average Bonchev–Trinajstić information content (AvgIpc) is 3.61. The molecular weight excluding hydrogens is 452 g/mol. The summed E-state index contributed by atoms with van der Waals surface area (Å²) < 4.78 is 11.3. The number of hydrogen-bond donors (Lipinski definition) is 2. The molecule has 4 aromatic rings. The number of amides is 2. The van der Waals surface area contributed by atoms with Gasteiger partial charge in [-0.25, -0.2) is 14.8 Å². The normalized spacial score (nSPS) is 12.9. The molecule has 1 saturated carbocycles. The van der Waals surface area contributed by atoms with Gasteiger partial charge in [-0.15, -0.1) is 0 Å². The van der Waals surface area contributed by atoms with Crippen molar-refractivity contribution in [1.29, 1.82) is 0 Å². The van der Waals surface area contributed by atoms with Crippen molar-refractivity contribution < 1.29 is 19.1 Å². The number of nitrogens with one attached hydrogen (secondary N) is 2. The van der Waals surface area contributed by atoms with Crippen molar-refractivity contribution >= 4 is 44.5 Å². The molecule has 0 aliphatic heterocycles. The van der Waals surface area contributed by atoms with Crippen LogP contribution in [0.4, 0.5) is 15.6 Å². The minimum absolute atomic E-state index is 0.0118. The van der Waals surface area contributed by atoms with E-state index in [4.69, 9.17) is 9.47 Å². The summed E-state index contributed by atoms with van der Waals surface area (Å²) in [6.45, 7) is 2.09. The van der Waals surface area contributed by atoms with Gasteiger partial charge in [-0.2, -0.15) is 0 Å². The first kappa shape index (κ1) is 21.8. The predicted molar refractivity (Wildman–Crippen MR) is 130 cm³/mol. The summed E-state index contributed by atoms with van der Waals surface area (Å²) in [7, 11) is 0. The fourth-order valence-corrected chi connectivity index (χ4v) is 4.07. The van der Waals surface area contributed by atoms with Crippen LogP contribution in [-0.2, 0) is 16.1 Å². The van der Waals surface area contributed by atoms with Crippen LogP contribution in [0, 0.1) is 12.8 Å². The lowest BCUT2D eigenvalue weighted by Crippen LogP contribution is -2.13. The quantitative estimate of drug-likeness (QED) is 0.346. The summed E-state index contributed by atoms with van der Waals surface area (Å²) >= 11 is 1.31. The summed E-state index contributed by atoms with van der Waals surface area (Å²) in [6, 6.07) is 18.3. The number of rotatable bonds is 7. The van der Waals surface area contributed by atoms with E-state index in [0.717, 1.165) is 24.0 Å². The fraction of sp³-hybridized carbons (Fsp3) is 0.200. The van der Waals surface area contributed by atoms with Gasteiger partial charge in [0.15, 0.2) is 5.13 Å². The van der Waals surface area contributed by atoms with Gasteiger partial charge in [-0.1, -0.05) is 47.7 Å². The molecule has 2 aromatic heterocycles. The Hall–Kier alpha value is -3.98. The molecular formula is C25H22N4O4S. The summed E-state index contributed by atoms with van der Waals surface area (Å²) in [5.74, 6) is 1.07. The van der Waals surface area contributed by atoms with E-state index in [1.54, 1.807) is 24.3 Å². The Kier molecular flexibility index (Phi) is 6.09. The van der Waals surface area contributed by atoms with Crippen molar-refractivity contribution in [1.82, 2.24) is 9.97 Å². The highest BCUT2D eigenvalue weighted by Gasteiger charge is 2.30. The van der Waals surface area contributed by atoms with E-state index in [1.165, 1.54) is 11.3 Å². The van der Waals surface area contributed by atoms with Crippen LogP contribution in [-0.4, -0.2) is 22.0 Å². The maximum atomic E-state index is 12.2. The first-order valence-corrected chi connectivity index (χ1v) is 11.7. The maximum absolute atomic E-state index is 12.2. The van der Waals surface area contributed by atoms with Crippen molar-refractivity contribution in [2.24, 2.45) is 5.92 Å². The number of anilines is 2. The van der Waals surface area contributed by atoms with E-state index in [9.17, 15) is 9.59 Å². The second-order valence-corrected chi connectivity index (χ2v) is 9.00. The largest absolute Gasteiger partial charge is 0.444 e. The molecule has 2 aromatic carbocycles. The van der Waals surface area contributed by atoms with Gasteiger partial charge in [0.1, 0.15) is 22.7 Å². The van der Waals surface area contributed by atoms with Gasteiger partial charge >= 0.3 is 6.09 Å². The fourth-order valence-electron chi connectivity index (χ4n) is 3.24. The smallest absolute Gasteiger partial charge is 0.411 e. The Balaban J connectivity index is 1.25. The highest BCUT2D eigenvalue weighted by atomic mass is 32.1. The monoisotopic (exact) mass is 474 g/mol. The summed E-state index contributed by atoms with van der Waals surface area (Å²) in [5.41, 5.74) is 3.02. The molecule has 0 radical (unpaired) electrons. The Morgan fingerprint density at radius 3 is 2.65 bits per heavy atom. The van der Waals surface area contributed by atoms with Gasteiger partial charge in [0.25, 0.3) is 0 Å². The number of fused-ring (bicyclic) bond motifs is 1. The first-order valence-electron chi connectivity index (χ1n) is 10.9. The van der Waals surface area contributed by atoms with Crippen LogP contribution in [0.1, 0.15) is 24.0 Å². The van der Waals surface area contributed by atoms with E-state index < -0.39 is 6.09 Å². The molecule has 2 amide bonds. The van der Waals surface area contributed by atoms with Crippen molar-refractivity contribution in [3.63, 3.8) is 0 Å². The minimum Gasteiger partial charge on any atom is -0.444 e. The van der Waals surface area contributed by atoms with Gasteiger partial charge in [-0.3, -0.25) is 10.1 Å². The van der Waals surface area contributed by atoms with Crippen molar-refractivity contribution in [2.75, 3.05) is 10.6 Å². The lowest BCUT2D eigenvalue weighted by atomic mass is 10.2. The summed E-state index contributed by atoms with van der Waals surface area (Å²) in [5, 5.41) is 6.11. The molecule has 8 nitrogen and oxygen atoms in total. The van der Waals surface area contributed by atoms with Crippen LogP contribution in [0.15, 0.2) is 60.7 Å². The molecule has 0 spiro atoms. The second-order valence-electron chi connectivity index (χ2n) is 8.03. The van der Waals surface area contributed by atoms with Crippen LogP contribution in [0.5, 0.6) is 11.6 Å². The Labute approximate surface area is 200 Å². The molecule has 5 rings (SSSR count). The number of carbonyl (C=O) groups is 2. The Morgan fingerprint density at radius 1 is 1.03 bits per heavy atom. The number of hydrogen-bond acceptors (Lipinski definition) is 7. The Bertz CT molecular complexity index is 1350. The number of pyridine rings is 1. The average molecular weight is 475 g/mol. The van der Waals surface area contributed by atoms with Crippen molar-refractivity contribution in [3.8, 4) is 11.6 Å². The standard InChI is InChI=1S/C25H22N4O4S/c1-15-7-10-18(26-25(31)32-14-16-5-3-2-4-6-16)13-20(15)33-21-12-11-19-23(28-21)34-24(27-19)29-22(30)17-8-9-17/h2-7,10-13,17H,8-9,14H2,1H3,(H,26,31)(H,27,29,30). The first-order chi connectivity index (χ1) is 16.5. The number of ether oxygens (including phenoxy) is 2. The van der Waals surface area contributed by atoms with Crippen LogP contribution in [0.2, 0.25) is 0 Å². The second kappa shape index (κ2) is 9.48. The zero-order chi connectivity index (χ0) is 23.5. The van der Waals surface area contributed by atoms with Crippen LogP contribution < -0.4 is 15.4 Å². The number of aryl methyl sites for hydroxylation is 1. The lowest BCUT2D eigenvalue weighted by molar-refractivity contribution is -0.117. The van der Waals surface area contributed by atoms with Crippen molar-refractivity contribution in [3.05, 3.63) is 71.8 Å². The van der Waals surface area contributed by atoms with Crippen LogP contribution in [0.25, 0.3) is 10.3 Å². The molecule has 1 aliphatic carbocycles. The van der Waals surface area contributed by atoms with Crippen LogP contribution >= 0.6 is 11.3 Å². The molecule has 172 valence electrons. The molecule has 2 N–H and O–H groups in total. The molecule has 1 fully saturated rings. The predicted octanol–water partition coefficient (Wildman–Crippen LogP) is 5.89.